The molecule has 2 aromatic carbocycles. The van der Waals surface area contributed by atoms with Gasteiger partial charge in [0, 0.05) is 28.4 Å². The van der Waals surface area contributed by atoms with Crippen LogP contribution in [0.2, 0.25) is 0 Å². The quantitative estimate of drug-likeness (QED) is 0.850. The Morgan fingerprint density at radius 3 is 2.13 bits per heavy atom. The van der Waals surface area contributed by atoms with Gasteiger partial charge in [0.1, 0.15) is 0 Å². The number of hydrogen-bond acceptors (Lipinski definition) is 3. The van der Waals surface area contributed by atoms with Crippen molar-refractivity contribution in [2.24, 2.45) is 0 Å². The summed E-state index contributed by atoms with van der Waals surface area (Å²) in [7, 11) is -1.07. The molecular formula is C17H17NO4S. The number of aromatic carboxylic acids is 1. The van der Waals surface area contributed by atoms with Crippen molar-refractivity contribution in [3.05, 3.63) is 71.3 Å². The lowest BCUT2D eigenvalue weighted by Gasteiger charge is -2.18. The number of rotatable bonds is 6. The van der Waals surface area contributed by atoms with Gasteiger partial charge in [0.15, 0.2) is 0 Å². The molecule has 2 rings (SSSR count). The second kappa shape index (κ2) is 7.69. The van der Waals surface area contributed by atoms with Gasteiger partial charge in [-0.25, -0.2) is 4.79 Å². The van der Waals surface area contributed by atoms with E-state index < -0.39 is 16.8 Å². The summed E-state index contributed by atoms with van der Waals surface area (Å²) in [4.78, 5) is 23.2. The Balaban J connectivity index is 2.17. The van der Waals surface area contributed by atoms with E-state index in [2.05, 4.69) is 5.32 Å². The smallest absolute Gasteiger partial charge is 0.335 e. The van der Waals surface area contributed by atoms with Crippen LogP contribution in [0.5, 0.6) is 0 Å². The summed E-state index contributed by atoms with van der Waals surface area (Å²) in [5.74, 6) is -1.06. The molecular weight excluding hydrogens is 314 g/mol. The molecule has 0 bridgehead atoms. The lowest BCUT2D eigenvalue weighted by atomic mass is 10.1. The number of carboxylic acid groups (broad SMARTS) is 1. The van der Waals surface area contributed by atoms with Gasteiger partial charge in [-0.05, 0) is 29.8 Å². The molecule has 0 fully saturated rings. The molecule has 0 heterocycles. The fourth-order valence-corrected chi connectivity index (χ4v) is 2.89. The predicted molar refractivity (Wildman–Crippen MR) is 89.0 cm³/mol. The number of hydrogen-bond donors (Lipinski definition) is 2. The van der Waals surface area contributed by atoms with E-state index in [1.165, 1.54) is 24.3 Å². The minimum atomic E-state index is -1.07. The Labute approximate surface area is 136 Å². The van der Waals surface area contributed by atoms with Crippen LogP contribution in [-0.4, -0.2) is 33.2 Å². The van der Waals surface area contributed by atoms with Crippen molar-refractivity contribution in [3.63, 3.8) is 0 Å². The summed E-state index contributed by atoms with van der Waals surface area (Å²) in [6.07, 6.45) is 1.59. The minimum Gasteiger partial charge on any atom is -0.478 e. The van der Waals surface area contributed by atoms with E-state index in [0.717, 1.165) is 5.56 Å². The zero-order valence-electron chi connectivity index (χ0n) is 12.6. The second-order valence-corrected chi connectivity index (χ2v) is 6.54. The van der Waals surface area contributed by atoms with Gasteiger partial charge >= 0.3 is 5.97 Å². The third-order valence-electron chi connectivity index (χ3n) is 3.30. The van der Waals surface area contributed by atoms with Crippen molar-refractivity contribution < 1.29 is 18.9 Å². The Kier molecular flexibility index (Phi) is 5.65. The van der Waals surface area contributed by atoms with Gasteiger partial charge in [0.2, 0.25) is 0 Å². The standard InChI is InChI=1S/C17H17NO4S/c1-23(22)11-15(12-5-3-2-4-6-12)18-16(19)13-7-9-14(10-8-13)17(20)21/h2-10,15H,11H2,1H3,(H,18,19)(H,20,21). The maximum absolute atomic E-state index is 12.3. The van der Waals surface area contributed by atoms with Gasteiger partial charge in [0.05, 0.1) is 11.6 Å². The molecule has 0 aromatic heterocycles. The Hall–Kier alpha value is -2.47. The first-order valence-electron chi connectivity index (χ1n) is 6.96. The summed E-state index contributed by atoms with van der Waals surface area (Å²) in [6.45, 7) is 0. The van der Waals surface area contributed by atoms with E-state index in [1.807, 2.05) is 30.3 Å². The first-order chi connectivity index (χ1) is 11.0. The third kappa shape index (κ3) is 4.75. The molecule has 0 spiro atoms. The molecule has 0 aliphatic rings. The van der Waals surface area contributed by atoms with Crippen molar-refractivity contribution in [1.29, 1.82) is 0 Å². The summed E-state index contributed by atoms with van der Waals surface area (Å²) in [6, 6.07) is 14.6. The highest BCUT2D eigenvalue weighted by Crippen LogP contribution is 2.15. The Morgan fingerprint density at radius 2 is 1.61 bits per heavy atom. The van der Waals surface area contributed by atoms with Crippen LogP contribution in [-0.2, 0) is 10.8 Å². The molecule has 2 atom stereocenters. The molecule has 2 aromatic rings. The second-order valence-electron chi connectivity index (χ2n) is 5.06. The fraction of sp³-hybridized carbons (Fsp3) is 0.176. The normalized spacial score (nSPS) is 13.1. The van der Waals surface area contributed by atoms with Gasteiger partial charge in [-0.2, -0.15) is 0 Å². The minimum absolute atomic E-state index is 0.121. The topological polar surface area (TPSA) is 83.5 Å². The highest BCUT2D eigenvalue weighted by molar-refractivity contribution is 7.84. The van der Waals surface area contributed by atoms with Gasteiger partial charge in [-0.15, -0.1) is 0 Å². The number of carbonyl (C=O) groups is 2. The maximum Gasteiger partial charge on any atom is 0.335 e. The van der Waals surface area contributed by atoms with Gasteiger partial charge < -0.3 is 10.4 Å². The van der Waals surface area contributed by atoms with Crippen LogP contribution in [0.15, 0.2) is 54.6 Å². The molecule has 0 saturated carbocycles. The van der Waals surface area contributed by atoms with Crippen LogP contribution >= 0.6 is 0 Å². The molecule has 5 nitrogen and oxygen atoms in total. The molecule has 120 valence electrons. The van der Waals surface area contributed by atoms with Crippen LogP contribution in [0.3, 0.4) is 0 Å². The van der Waals surface area contributed by atoms with Crippen molar-refractivity contribution >= 4 is 22.7 Å². The van der Waals surface area contributed by atoms with E-state index in [0.29, 0.717) is 11.3 Å². The van der Waals surface area contributed by atoms with E-state index in [1.54, 1.807) is 6.26 Å². The van der Waals surface area contributed by atoms with E-state index in [-0.39, 0.29) is 17.5 Å². The lowest BCUT2D eigenvalue weighted by molar-refractivity contribution is 0.0696. The summed E-state index contributed by atoms with van der Waals surface area (Å²) in [5.41, 5.74) is 1.35. The average molecular weight is 331 g/mol. The van der Waals surface area contributed by atoms with Gasteiger partial charge in [0.25, 0.3) is 5.91 Å². The maximum atomic E-state index is 12.3. The highest BCUT2D eigenvalue weighted by atomic mass is 32.2. The number of carbonyl (C=O) groups excluding carboxylic acids is 1. The van der Waals surface area contributed by atoms with Crippen molar-refractivity contribution in [3.8, 4) is 0 Å². The number of nitrogens with one attached hydrogen (secondary N) is 1. The Morgan fingerprint density at radius 1 is 1.04 bits per heavy atom. The first-order valence-corrected chi connectivity index (χ1v) is 8.69. The molecule has 0 aliphatic heterocycles. The SMILES string of the molecule is CS(=O)CC(NC(=O)c1ccc(C(=O)O)cc1)c1ccccc1. The number of amides is 1. The fourth-order valence-electron chi connectivity index (χ4n) is 2.15. The van der Waals surface area contributed by atoms with Gasteiger partial charge in [-0.3, -0.25) is 9.00 Å². The molecule has 0 radical (unpaired) electrons. The van der Waals surface area contributed by atoms with E-state index >= 15 is 0 Å². The highest BCUT2D eigenvalue weighted by Gasteiger charge is 2.17. The van der Waals surface area contributed by atoms with Crippen LogP contribution in [0, 0.1) is 0 Å². The number of carboxylic acids is 1. The van der Waals surface area contributed by atoms with Crippen LogP contribution in [0.1, 0.15) is 32.3 Å². The summed E-state index contributed by atoms with van der Waals surface area (Å²) < 4.78 is 11.6. The summed E-state index contributed by atoms with van der Waals surface area (Å²) in [5, 5.41) is 11.7. The van der Waals surface area contributed by atoms with Crippen molar-refractivity contribution in [1.82, 2.24) is 5.32 Å². The molecule has 1 amide bonds. The molecule has 23 heavy (non-hydrogen) atoms. The molecule has 0 saturated heterocycles. The van der Waals surface area contributed by atoms with Crippen LogP contribution < -0.4 is 5.32 Å². The van der Waals surface area contributed by atoms with Crippen LogP contribution in [0.4, 0.5) is 0 Å². The lowest BCUT2D eigenvalue weighted by Crippen LogP contribution is -2.31. The van der Waals surface area contributed by atoms with Crippen molar-refractivity contribution in [2.45, 2.75) is 6.04 Å². The molecule has 6 heteroatoms. The zero-order valence-corrected chi connectivity index (χ0v) is 13.4. The van der Waals surface area contributed by atoms with Gasteiger partial charge in [-0.1, -0.05) is 30.3 Å². The molecule has 2 unspecified atom stereocenters. The van der Waals surface area contributed by atoms with E-state index in [9.17, 15) is 13.8 Å². The molecule has 2 N–H and O–H groups in total. The monoisotopic (exact) mass is 331 g/mol. The molecule has 0 aliphatic carbocycles. The first kappa shape index (κ1) is 16.9. The zero-order chi connectivity index (χ0) is 16.8. The average Bonchev–Trinajstić information content (AvgIpc) is 2.54. The summed E-state index contributed by atoms with van der Waals surface area (Å²) >= 11 is 0. The number of benzene rings is 2. The Bertz CT molecular complexity index is 713. The largest absolute Gasteiger partial charge is 0.478 e. The van der Waals surface area contributed by atoms with Crippen LogP contribution in [0.25, 0.3) is 0 Å². The predicted octanol–water partition coefficient (Wildman–Crippen LogP) is 2.23. The third-order valence-corrected chi connectivity index (χ3v) is 4.11. The van der Waals surface area contributed by atoms with Crippen molar-refractivity contribution in [2.75, 3.05) is 12.0 Å². The van der Waals surface area contributed by atoms with E-state index in [4.69, 9.17) is 5.11 Å².